The van der Waals surface area contributed by atoms with Crippen LogP contribution in [0.25, 0.3) is 32.2 Å². The van der Waals surface area contributed by atoms with Gasteiger partial charge in [-0.3, -0.25) is 5.10 Å². The number of nitrogens with one attached hydrogen (secondary N) is 1. The Kier molecular flexibility index (Phi) is 3.41. The molecule has 0 bridgehead atoms. The number of aromatic nitrogens is 5. The predicted octanol–water partition coefficient (Wildman–Crippen LogP) is 4.03. The number of thiophene rings is 1. The highest BCUT2D eigenvalue weighted by Gasteiger charge is 2.15. The molecule has 3 heterocycles. The second-order valence-electron chi connectivity index (χ2n) is 4.72. The Balaban J connectivity index is 1.92. The van der Waals surface area contributed by atoms with Crippen LogP contribution in [0.4, 0.5) is 5.95 Å². The molecule has 0 atom stereocenters. The minimum absolute atomic E-state index is 0.199. The normalized spacial score (nSPS) is 11.2. The molecule has 0 radical (unpaired) electrons. The number of nitrogens with zero attached hydrogens (tertiary/aromatic N) is 4. The van der Waals surface area contributed by atoms with Crippen molar-refractivity contribution in [2.45, 2.75) is 0 Å². The Morgan fingerprint density at radius 3 is 2.74 bits per heavy atom. The molecule has 0 unspecified atom stereocenters. The van der Waals surface area contributed by atoms with E-state index in [0.29, 0.717) is 15.9 Å². The van der Waals surface area contributed by atoms with Crippen molar-refractivity contribution in [3.05, 3.63) is 40.6 Å². The number of hydrogen-bond donors (Lipinski definition) is 2. The number of halogens is 2. The van der Waals surface area contributed by atoms with Gasteiger partial charge in [-0.1, -0.05) is 23.2 Å². The molecule has 0 aliphatic carbocycles. The van der Waals surface area contributed by atoms with E-state index in [1.54, 1.807) is 12.1 Å². The van der Waals surface area contributed by atoms with Crippen molar-refractivity contribution in [3.63, 3.8) is 0 Å². The molecule has 0 amide bonds. The van der Waals surface area contributed by atoms with Gasteiger partial charge in [-0.15, -0.1) is 16.4 Å². The average molecular weight is 363 g/mol. The van der Waals surface area contributed by atoms with E-state index in [9.17, 15) is 0 Å². The zero-order valence-corrected chi connectivity index (χ0v) is 13.7. The molecule has 114 valence electrons. The highest BCUT2D eigenvalue weighted by Crippen LogP contribution is 2.38. The number of rotatable bonds is 2. The van der Waals surface area contributed by atoms with Crippen LogP contribution in [0.3, 0.4) is 0 Å². The monoisotopic (exact) mass is 362 g/mol. The van der Waals surface area contributed by atoms with Gasteiger partial charge in [-0.25, -0.2) is 9.97 Å². The minimum atomic E-state index is 0.199. The number of anilines is 1. The van der Waals surface area contributed by atoms with E-state index < -0.39 is 0 Å². The third-order valence-electron chi connectivity index (χ3n) is 3.25. The molecule has 4 aromatic rings. The van der Waals surface area contributed by atoms with E-state index in [0.717, 1.165) is 26.4 Å². The van der Waals surface area contributed by atoms with Gasteiger partial charge in [0.05, 0.1) is 15.6 Å². The van der Waals surface area contributed by atoms with Crippen molar-refractivity contribution in [2.75, 3.05) is 5.73 Å². The zero-order valence-electron chi connectivity index (χ0n) is 11.4. The molecule has 1 aromatic carbocycles. The van der Waals surface area contributed by atoms with E-state index in [1.165, 1.54) is 17.7 Å². The SMILES string of the molecule is Nc1n[nH]c(-c2cc3c(-c4ccc(Cl)cc4Cl)ncnc3s2)n1. The summed E-state index contributed by atoms with van der Waals surface area (Å²) in [5.41, 5.74) is 7.10. The maximum absolute atomic E-state index is 6.31. The first-order valence-corrected chi connectivity index (χ1v) is 8.07. The minimum Gasteiger partial charge on any atom is -0.366 e. The molecule has 3 aromatic heterocycles. The summed E-state index contributed by atoms with van der Waals surface area (Å²) < 4.78 is 0. The largest absolute Gasteiger partial charge is 0.366 e. The van der Waals surface area contributed by atoms with Crippen LogP contribution in [-0.4, -0.2) is 25.1 Å². The van der Waals surface area contributed by atoms with E-state index >= 15 is 0 Å². The lowest BCUT2D eigenvalue weighted by molar-refractivity contribution is 1.11. The maximum atomic E-state index is 6.31. The average Bonchev–Trinajstić information content (AvgIpc) is 3.13. The summed E-state index contributed by atoms with van der Waals surface area (Å²) in [6.07, 6.45) is 1.51. The zero-order chi connectivity index (χ0) is 16.0. The standard InChI is InChI=1S/C14H8Cl2N6S/c15-6-1-2-7(9(16)3-6)11-8-4-10(12-20-14(17)22-21-12)23-13(8)19-5-18-11/h1-5H,(H3,17,20,21,22). The maximum Gasteiger partial charge on any atom is 0.239 e. The van der Waals surface area contributed by atoms with Gasteiger partial charge in [-0.2, -0.15) is 4.98 Å². The lowest BCUT2D eigenvalue weighted by Crippen LogP contribution is -1.87. The molecule has 4 rings (SSSR count). The van der Waals surface area contributed by atoms with Crippen molar-refractivity contribution in [2.24, 2.45) is 0 Å². The summed E-state index contributed by atoms with van der Waals surface area (Å²) in [6.45, 7) is 0. The topological polar surface area (TPSA) is 93.4 Å². The summed E-state index contributed by atoms with van der Waals surface area (Å²) in [5.74, 6) is 0.795. The van der Waals surface area contributed by atoms with Crippen LogP contribution in [0.5, 0.6) is 0 Å². The number of H-pyrrole nitrogens is 1. The first-order chi connectivity index (χ1) is 11.1. The number of nitrogen functional groups attached to an aromatic ring is 1. The fraction of sp³-hybridized carbons (Fsp3) is 0. The number of hydrogen-bond acceptors (Lipinski definition) is 6. The first kappa shape index (κ1) is 14.4. The molecule has 6 nitrogen and oxygen atoms in total. The Morgan fingerprint density at radius 1 is 1.13 bits per heavy atom. The third-order valence-corrected chi connectivity index (χ3v) is 4.85. The van der Waals surface area contributed by atoms with Gasteiger partial charge in [0.25, 0.3) is 0 Å². The predicted molar refractivity (Wildman–Crippen MR) is 92.7 cm³/mol. The molecule has 0 aliphatic heterocycles. The van der Waals surface area contributed by atoms with Gasteiger partial charge in [0.1, 0.15) is 11.2 Å². The third kappa shape index (κ3) is 2.52. The van der Waals surface area contributed by atoms with E-state index in [1.807, 2.05) is 12.1 Å². The van der Waals surface area contributed by atoms with E-state index in [4.69, 9.17) is 28.9 Å². The fourth-order valence-corrected chi connectivity index (χ4v) is 3.69. The molecule has 0 saturated carbocycles. The van der Waals surface area contributed by atoms with Crippen LogP contribution in [-0.2, 0) is 0 Å². The van der Waals surface area contributed by atoms with E-state index in [2.05, 4.69) is 25.1 Å². The van der Waals surface area contributed by atoms with E-state index in [-0.39, 0.29) is 5.95 Å². The molecular formula is C14H8Cl2N6S. The Hall–Kier alpha value is -2.22. The second kappa shape index (κ2) is 5.45. The van der Waals surface area contributed by atoms with Crippen LogP contribution in [0, 0.1) is 0 Å². The molecule has 0 aliphatic rings. The van der Waals surface area contributed by atoms with Gasteiger partial charge in [0.15, 0.2) is 5.82 Å². The van der Waals surface area contributed by atoms with Crippen LogP contribution >= 0.6 is 34.5 Å². The molecule has 9 heteroatoms. The van der Waals surface area contributed by atoms with Crippen molar-refractivity contribution < 1.29 is 0 Å². The summed E-state index contributed by atoms with van der Waals surface area (Å²) in [6, 6.07) is 7.26. The number of benzene rings is 1. The van der Waals surface area contributed by atoms with Crippen molar-refractivity contribution in [1.82, 2.24) is 25.1 Å². The van der Waals surface area contributed by atoms with Crippen molar-refractivity contribution >= 4 is 50.7 Å². The molecular weight excluding hydrogens is 355 g/mol. The quantitative estimate of drug-likeness (QED) is 0.561. The number of aromatic amines is 1. The Bertz CT molecular complexity index is 1030. The number of nitrogens with two attached hydrogens (primary N) is 1. The highest BCUT2D eigenvalue weighted by molar-refractivity contribution is 7.21. The second-order valence-corrected chi connectivity index (χ2v) is 6.59. The summed E-state index contributed by atoms with van der Waals surface area (Å²) >= 11 is 13.7. The van der Waals surface area contributed by atoms with Crippen molar-refractivity contribution in [1.29, 1.82) is 0 Å². The number of fused-ring (bicyclic) bond motifs is 1. The smallest absolute Gasteiger partial charge is 0.239 e. The van der Waals surface area contributed by atoms with Gasteiger partial charge in [0, 0.05) is 16.0 Å². The van der Waals surface area contributed by atoms with Gasteiger partial charge < -0.3 is 5.73 Å². The van der Waals surface area contributed by atoms with Crippen LogP contribution in [0.2, 0.25) is 10.0 Å². The van der Waals surface area contributed by atoms with Gasteiger partial charge >= 0.3 is 0 Å². The highest BCUT2D eigenvalue weighted by atomic mass is 35.5. The molecule has 3 N–H and O–H groups in total. The lowest BCUT2D eigenvalue weighted by Gasteiger charge is -2.04. The molecule has 0 spiro atoms. The first-order valence-electron chi connectivity index (χ1n) is 6.50. The Labute approximate surface area is 144 Å². The Morgan fingerprint density at radius 2 is 2.00 bits per heavy atom. The molecule has 23 heavy (non-hydrogen) atoms. The van der Waals surface area contributed by atoms with Crippen LogP contribution in [0.15, 0.2) is 30.6 Å². The molecule has 0 fully saturated rings. The summed E-state index contributed by atoms with van der Waals surface area (Å²) in [5, 5.41) is 8.63. The summed E-state index contributed by atoms with van der Waals surface area (Å²) in [7, 11) is 0. The fourth-order valence-electron chi connectivity index (χ4n) is 2.25. The summed E-state index contributed by atoms with van der Waals surface area (Å²) in [4.78, 5) is 14.5. The van der Waals surface area contributed by atoms with Gasteiger partial charge in [-0.05, 0) is 24.3 Å². The van der Waals surface area contributed by atoms with Crippen LogP contribution in [0.1, 0.15) is 0 Å². The van der Waals surface area contributed by atoms with Crippen molar-refractivity contribution in [3.8, 4) is 22.0 Å². The van der Waals surface area contributed by atoms with Gasteiger partial charge in [0.2, 0.25) is 5.95 Å². The van der Waals surface area contributed by atoms with Crippen LogP contribution < -0.4 is 5.73 Å². The molecule has 0 saturated heterocycles. The lowest BCUT2D eigenvalue weighted by atomic mass is 10.1.